The maximum absolute atomic E-state index is 11.3. The molecule has 1 N–H and O–H groups in total. The average molecular weight is 247 g/mol. The Kier molecular flexibility index (Phi) is 3.58. The molecule has 0 saturated carbocycles. The van der Waals surface area contributed by atoms with Crippen molar-refractivity contribution in [3.63, 3.8) is 0 Å². The number of aryl methyl sites for hydroxylation is 2. The van der Waals surface area contributed by atoms with Crippen LogP contribution in [0.25, 0.3) is 0 Å². The van der Waals surface area contributed by atoms with E-state index in [1.165, 1.54) is 17.8 Å². The lowest BCUT2D eigenvalue weighted by atomic mass is 10.2. The van der Waals surface area contributed by atoms with Crippen molar-refractivity contribution in [3.05, 3.63) is 51.7 Å². The molecule has 0 aromatic carbocycles. The van der Waals surface area contributed by atoms with E-state index in [4.69, 9.17) is 0 Å². The predicted octanol–water partition coefficient (Wildman–Crippen LogP) is 2.07. The lowest BCUT2D eigenvalue weighted by Gasteiger charge is -2.04. The molecule has 4 nitrogen and oxygen atoms in total. The first-order chi connectivity index (χ1) is 8.15. The molecule has 2 heterocycles. The minimum absolute atomic E-state index is 0.108. The molecule has 0 atom stereocenters. The van der Waals surface area contributed by atoms with E-state index >= 15 is 0 Å². The van der Waals surface area contributed by atoms with Gasteiger partial charge < -0.3 is 4.98 Å². The van der Waals surface area contributed by atoms with Crippen LogP contribution in [-0.4, -0.2) is 15.0 Å². The Morgan fingerprint density at radius 1 is 1.41 bits per heavy atom. The average Bonchev–Trinajstić information content (AvgIpc) is 2.27. The van der Waals surface area contributed by atoms with Crippen LogP contribution in [0.3, 0.4) is 0 Å². The Bertz CT molecular complexity index is 580. The van der Waals surface area contributed by atoms with E-state index in [-0.39, 0.29) is 5.56 Å². The number of aromatic nitrogens is 3. The molecule has 2 rings (SSSR count). The fraction of sp³-hybridized carbons (Fsp3) is 0.250. The summed E-state index contributed by atoms with van der Waals surface area (Å²) >= 11 is 1.51. The second-order valence-corrected chi connectivity index (χ2v) is 4.69. The topological polar surface area (TPSA) is 58.6 Å². The van der Waals surface area contributed by atoms with Crippen LogP contribution in [0.2, 0.25) is 0 Å². The lowest BCUT2D eigenvalue weighted by Crippen LogP contribution is -2.08. The summed E-state index contributed by atoms with van der Waals surface area (Å²) in [6.07, 6.45) is 1.77. The van der Waals surface area contributed by atoms with Gasteiger partial charge in [0.05, 0.1) is 0 Å². The summed E-state index contributed by atoms with van der Waals surface area (Å²) in [5.41, 5.74) is 2.79. The summed E-state index contributed by atoms with van der Waals surface area (Å²) in [7, 11) is 0. The van der Waals surface area contributed by atoms with Crippen LogP contribution < -0.4 is 5.56 Å². The zero-order valence-electron chi connectivity index (χ0n) is 9.73. The third kappa shape index (κ3) is 3.17. The van der Waals surface area contributed by atoms with Crippen LogP contribution in [0.4, 0.5) is 0 Å². The van der Waals surface area contributed by atoms with Gasteiger partial charge in [-0.25, -0.2) is 4.98 Å². The van der Waals surface area contributed by atoms with Crippen molar-refractivity contribution in [1.82, 2.24) is 15.0 Å². The zero-order chi connectivity index (χ0) is 12.3. The van der Waals surface area contributed by atoms with Crippen LogP contribution >= 0.6 is 11.8 Å². The second kappa shape index (κ2) is 5.14. The molecule has 17 heavy (non-hydrogen) atoms. The van der Waals surface area contributed by atoms with Gasteiger partial charge in [0.1, 0.15) is 0 Å². The molecule has 2 aromatic heterocycles. The number of H-pyrrole nitrogens is 1. The zero-order valence-corrected chi connectivity index (χ0v) is 10.5. The number of rotatable bonds is 3. The number of thioether (sulfide) groups is 1. The molecule has 5 heteroatoms. The minimum Gasteiger partial charge on any atom is -0.301 e. The number of nitrogens with zero attached hydrogens (tertiary/aromatic N) is 2. The van der Waals surface area contributed by atoms with E-state index in [9.17, 15) is 4.79 Å². The Morgan fingerprint density at radius 3 is 2.94 bits per heavy atom. The van der Waals surface area contributed by atoms with E-state index < -0.39 is 0 Å². The second-order valence-electron chi connectivity index (χ2n) is 3.73. The number of hydrogen-bond acceptors (Lipinski definition) is 4. The third-order valence-electron chi connectivity index (χ3n) is 2.33. The highest BCUT2D eigenvalue weighted by molar-refractivity contribution is 7.98. The van der Waals surface area contributed by atoms with Crippen molar-refractivity contribution >= 4 is 11.8 Å². The largest absolute Gasteiger partial charge is 0.301 e. The molecule has 0 saturated heterocycles. The van der Waals surface area contributed by atoms with Gasteiger partial charge in [0.15, 0.2) is 5.16 Å². The maximum Gasteiger partial charge on any atom is 0.251 e. The molecule has 0 unspecified atom stereocenters. The van der Waals surface area contributed by atoms with Gasteiger partial charge in [0.2, 0.25) is 0 Å². The molecule has 0 spiro atoms. The number of hydrogen-bond donors (Lipinski definition) is 1. The summed E-state index contributed by atoms with van der Waals surface area (Å²) in [6, 6.07) is 5.43. The Balaban J connectivity index is 2.13. The van der Waals surface area contributed by atoms with Gasteiger partial charge in [0.25, 0.3) is 5.56 Å². The Hall–Kier alpha value is -1.62. The molecule has 0 radical (unpaired) electrons. The molecule has 0 aliphatic rings. The van der Waals surface area contributed by atoms with Crippen molar-refractivity contribution in [2.75, 3.05) is 0 Å². The van der Waals surface area contributed by atoms with Crippen molar-refractivity contribution in [2.24, 2.45) is 0 Å². The first kappa shape index (κ1) is 11.9. The van der Waals surface area contributed by atoms with Crippen LogP contribution in [0.5, 0.6) is 0 Å². The van der Waals surface area contributed by atoms with Crippen molar-refractivity contribution in [3.8, 4) is 0 Å². The minimum atomic E-state index is -0.108. The highest BCUT2D eigenvalue weighted by atomic mass is 32.2. The SMILES string of the molecule is Cc1cc(=O)[nH]c(SCc2cccnc2C)n1. The van der Waals surface area contributed by atoms with Crippen molar-refractivity contribution in [1.29, 1.82) is 0 Å². The van der Waals surface area contributed by atoms with Gasteiger partial charge in [-0.15, -0.1) is 0 Å². The van der Waals surface area contributed by atoms with Crippen LogP contribution in [0.15, 0.2) is 34.3 Å². The molecular formula is C12H13N3OS. The quantitative estimate of drug-likeness (QED) is 0.666. The number of aromatic amines is 1. The van der Waals surface area contributed by atoms with Crippen LogP contribution in [0.1, 0.15) is 17.0 Å². The summed E-state index contributed by atoms with van der Waals surface area (Å²) in [6.45, 7) is 3.79. The highest BCUT2D eigenvalue weighted by Crippen LogP contribution is 2.19. The van der Waals surface area contributed by atoms with Gasteiger partial charge >= 0.3 is 0 Å². The van der Waals surface area contributed by atoms with E-state index in [2.05, 4.69) is 15.0 Å². The molecule has 0 bridgehead atoms. The first-order valence-electron chi connectivity index (χ1n) is 5.26. The summed E-state index contributed by atoms with van der Waals surface area (Å²) in [5, 5.41) is 0.651. The van der Waals surface area contributed by atoms with E-state index in [1.807, 2.05) is 26.0 Å². The van der Waals surface area contributed by atoms with Gasteiger partial charge in [-0.3, -0.25) is 9.78 Å². The van der Waals surface area contributed by atoms with E-state index in [0.717, 1.165) is 22.7 Å². The first-order valence-corrected chi connectivity index (χ1v) is 6.25. The summed E-state index contributed by atoms with van der Waals surface area (Å²) in [5.74, 6) is 0.756. The van der Waals surface area contributed by atoms with Gasteiger partial charge in [-0.1, -0.05) is 17.8 Å². The molecule has 0 amide bonds. The molecular weight excluding hydrogens is 234 g/mol. The highest BCUT2D eigenvalue weighted by Gasteiger charge is 2.02. The summed E-state index contributed by atoms with van der Waals surface area (Å²) < 4.78 is 0. The third-order valence-corrected chi connectivity index (χ3v) is 3.25. The molecule has 88 valence electrons. The smallest absolute Gasteiger partial charge is 0.251 e. The number of pyridine rings is 1. The molecule has 0 fully saturated rings. The van der Waals surface area contributed by atoms with Crippen LogP contribution in [0, 0.1) is 13.8 Å². The summed E-state index contributed by atoms with van der Waals surface area (Å²) in [4.78, 5) is 22.5. The normalized spacial score (nSPS) is 10.5. The maximum atomic E-state index is 11.3. The molecule has 0 aliphatic heterocycles. The fourth-order valence-corrected chi connectivity index (χ4v) is 2.41. The number of nitrogens with one attached hydrogen (secondary N) is 1. The van der Waals surface area contributed by atoms with Crippen LogP contribution in [-0.2, 0) is 5.75 Å². The van der Waals surface area contributed by atoms with E-state index in [0.29, 0.717) is 5.16 Å². The van der Waals surface area contributed by atoms with Gasteiger partial charge in [-0.05, 0) is 25.5 Å². The molecule has 2 aromatic rings. The Morgan fingerprint density at radius 2 is 2.24 bits per heavy atom. The van der Waals surface area contributed by atoms with Crippen molar-refractivity contribution < 1.29 is 0 Å². The monoisotopic (exact) mass is 247 g/mol. The predicted molar refractivity (Wildman–Crippen MR) is 68.1 cm³/mol. The van der Waals surface area contributed by atoms with Gasteiger partial charge in [0, 0.05) is 29.4 Å². The lowest BCUT2D eigenvalue weighted by molar-refractivity contribution is 0.904. The van der Waals surface area contributed by atoms with Gasteiger partial charge in [-0.2, -0.15) is 0 Å². The van der Waals surface area contributed by atoms with Crippen molar-refractivity contribution in [2.45, 2.75) is 24.8 Å². The molecule has 0 aliphatic carbocycles. The Labute approximate surface area is 104 Å². The standard InChI is InChI=1S/C12H13N3OS/c1-8-6-11(16)15-12(14-8)17-7-10-4-3-5-13-9(10)2/h3-6H,7H2,1-2H3,(H,14,15,16). The fourth-order valence-electron chi connectivity index (χ4n) is 1.44. The van der Waals surface area contributed by atoms with E-state index in [1.54, 1.807) is 6.20 Å².